The average Bonchev–Trinajstić information content (AvgIpc) is 3.86. The zero-order valence-corrected chi connectivity index (χ0v) is 48.0. The number of hydrogen-bond donors (Lipinski definition) is 0. The fraction of sp³-hybridized carbons (Fsp3) is 0.485. The van der Waals surface area contributed by atoms with Crippen LogP contribution in [0.3, 0.4) is 0 Å². The molecule has 0 saturated carbocycles. The lowest BCUT2D eigenvalue weighted by molar-refractivity contribution is 0.241. The van der Waals surface area contributed by atoms with Crippen LogP contribution in [0.4, 0.5) is 22.1 Å². The van der Waals surface area contributed by atoms with Gasteiger partial charge in [0.2, 0.25) is 0 Å². The molecule has 3 aliphatic carbocycles. The van der Waals surface area contributed by atoms with Gasteiger partial charge < -0.3 is 9.80 Å². The highest BCUT2D eigenvalue weighted by Crippen LogP contribution is 2.54. The highest BCUT2D eigenvalue weighted by atomic mass is 32.1. The standard InChI is InChI=1S/C66H82BN2S2/c1-17-64(11,12)49-39-52-54(38-46(49)41(2)3)69(53-24-19-25-56-58(53)47-35-42(61(4,5)6)26-27-55(47)70-56)45-22-18-21-44(36-45)68(43-23-20-29-62(7,8)31-32-63(9,10)30-28-43)60-59(67-52)48-37-50-51(40-57(48)71-60)66(15,16)34-33-65(50,13)14/h18-28,35-37,39-41,46H,17,29-34,38H2,1-16H3/b23-20-,43-28+. The first kappa shape index (κ1) is 50.2. The summed E-state index contributed by atoms with van der Waals surface area (Å²) in [6.07, 6.45) is 19.2. The number of thiophene rings is 2. The quantitative estimate of drug-likeness (QED) is 0.159. The van der Waals surface area contributed by atoms with Crippen LogP contribution >= 0.6 is 22.7 Å². The molecule has 0 fully saturated rings. The number of rotatable bonds is 5. The molecular weight excluding hydrogens is 896 g/mol. The van der Waals surface area contributed by atoms with Crippen LogP contribution in [0.15, 0.2) is 120 Å². The van der Waals surface area contributed by atoms with Gasteiger partial charge in [0.15, 0.2) is 7.28 Å². The molecule has 4 aromatic carbocycles. The zero-order valence-electron chi connectivity index (χ0n) is 46.3. The van der Waals surface area contributed by atoms with E-state index in [1.807, 2.05) is 22.7 Å². The second-order valence-corrected chi connectivity index (χ2v) is 29.2. The fourth-order valence-corrected chi connectivity index (χ4v) is 14.7. The van der Waals surface area contributed by atoms with E-state index in [4.69, 9.17) is 0 Å². The molecule has 10 rings (SSSR count). The number of benzene rings is 4. The van der Waals surface area contributed by atoms with Crippen LogP contribution in [-0.2, 0) is 16.2 Å². The van der Waals surface area contributed by atoms with Crippen molar-refractivity contribution < 1.29 is 0 Å². The molecule has 4 aliphatic rings. The van der Waals surface area contributed by atoms with E-state index in [9.17, 15) is 0 Å². The van der Waals surface area contributed by atoms with Crippen molar-refractivity contribution in [2.75, 3.05) is 9.80 Å². The van der Waals surface area contributed by atoms with Gasteiger partial charge in [-0.05, 0) is 184 Å². The molecule has 0 amide bonds. The van der Waals surface area contributed by atoms with E-state index >= 15 is 0 Å². The predicted molar refractivity (Wildman–Crippen MR) is 317 cm³/mol. The van der Waals surface area contributed by atoms with Crippen LogP contribution in [0.5, 0.6) is 0 Å². The second-order valence-electron chi connectivity index (χ2n) is 27.1. The molecule has 2 aromatic heterocycles. The van der Waals surface area contributed by atoms with E-state index < -0.39 is 0 Å². The summed E-state index contributed by atoms with van der Waals surface area (Å²) < 4.78 is 4.08. The molecule has 3 heterocycles. The monoisotopic (exact) mass is 978 g/mol. The Morgan fingerprint density at radius 1 is 0.690 bits per heavy atom. The maximum Gasteiger partial charge on any atom is 0.198 e. The molecular formula is C66H82BN2S2. The van der Waals surface area contributed by atoms with Gasteiger partial charge in [0.05, 0.1) is 10.7 Å². The Balaban J connectivity index is 1.34. The van der Waals surface area contributed by atoms with Gasteiger partial charge in [-0.25, -0.2) is 0 Å². The van der Waals surface area contributed by atoms with E-state index in [0.717, 1.165) is 25.7 Å². The third-order valence-corrected chi connectivity index (χ3v) is 20.2. The van der Waals surface area contributed by atoms with Crippen LogP contribution in [0.2, 0.25) is 0 Å². The Bertz CT molecular complexity index is 3200. The molecule has 2 bridgehead atoms. The summed E-state index contributed by atoms with van der Waals surface area (Å²) in [5.74, 6) is 0.871. The topological polar surface area (TPSA) is 6.48 Å². The van der Waals surface area contributed by atoms with Crippen LogP contribution in [0.1, 0.15) is 179 Å². The van der Waals surface area contributed by atoms with Crippen LogP contribution < -0.4 is 15.3 Å². The summed E-state index contributed by atoms with van der Waals surface area (Å²) >= 11 is 3.95. The molecule has 0 N–H and O–H groups in total. The maximum absolute atomic E-state index is 2.73. The minimum absolute atomic E-state index is 0.0339. The Kier molecular flexibility index (Phi) is 12.5. The number of fused-ring (bicyclic) bond motifs is 9. The van der Waals surface area contributed by atoms with Gasteiger partial charge in [0.25, 0.3) is 0 Å². The first-order chi connectivity index (χ1) is 33.3. The largest absolute Gasteiger partial charge is 0.314 e. The number of anilines is 4. The summed E-state index contributed by atoms with van der Waals surface area (Å²) in [6, 6.07) is 29.3. The van der Waals surface area contributed by atoms with Crippen molar-refractivity contribution in [1.82, 2.24) is 0 Å². The first-order valence-electron chi connectivity index (χ1n) is 27.2. The molecule has 2 nitrogen and oxygen atoms in total. The van der Waals surface area contributed by atoms with Crippen molar-refractivity contribution in [3.8, 4) is 0 Å². The van der Waals surface area contributed by atoms with E-state index in [1.165, 1.54) is 117 Å². The van der Waals surface area contributed by atoms with Crippen LogP contribution in [-0.4, -0.2) is 7.28 Å². The Morgan fingerprint density at radius 3 is 2.03 bits per heavy atom. The second kappa shape index (κ2) is 17.7. The number of allylic oxidation sites excluding steroid dienone is 7. The summed E-state index contributed by atoms with van der Waals surface area (Å²) in [4.78, 5) is 5.40. The smallest absolute Gasteiger partial charge is 0.198 e. The van der Waals surface area contributed by atoms with Crippen molar-refractivity contribution in [1.29, 1.82) is 0 Å². The molecule has 1 radical (unpaired) electrons. The molecule has 1 aliphatic heterocycles. The Morgan fingerprint density at radius 2 is 1.35 bits per heavy atom. The zero-order chi connectivity index (χ0) is 50.8. The fourth-order valence-electron chi connectivity index (χ4n) is 12.3. The lowest BCUT2D eigenvalue weighted by Gasteiger charge is -2.43. The third-order valence-electron chi connectivity index (χ3n) is 17.9. The summed E-state index contributed by atoms with van der Waals surface area (Å²) in [5, 5.41) is 5.42. The minimum atomic E-state index is 0.0339. The van der Waals surface area contributed by atoms with Crippen LogP contribution in [0, 0.1) is 28.1 Å². The lowest BCUT2D eigenvalue weighted by atomic mass is 9.56. The van der Waals surface area contributed by atoms with Crippen molar-refractivity contribution in [2.45, 2.75) is 178 Å². The molecule has 1 atom stereocenters. The van der Waals surface area contributed by atoms with Gasteiger partial charge in [0, 0.05) is 47.6 Å². The maximum atomic E-state index is 2.73. The van der Waals surface area contributed by atoms with Gasteiger partial charge in [-0.15, -0.1) is 22.7 Å². The van der Waals surface area contributed by atoms with Gasteiger partial charge >= 0.3 is 0 Å². The van der Waals surface area contributed by atoms with Crippen molar-refractivity contribution in [3.05, 3.63) is 136 Å². The highest BCUT2D eigenvalue weighted by molar-refractivity contribution is 7.26. The molecule has 1 unspecified atom stereocenters. The number of hydrogen-bond acceptors (Lipinski definition) is 4. The SMILES string of the molecule is CCC(C)(C)C1=CC2=C(CC1C(C)C)N(c1cccc3sc4ccc(C(C)(C)C)cc4c13)c1cccc(c1)N(C1=C/CC(C)(C)CCC(C)(C)C/C=C\1)c1sc3cc4c(cc3c1[B]2)C(C)(C)CCC4(C)C. The molecule has 371 valence electrons. The predicted octanol–water partition coefficient (Wildman–Crippen LogP) is 19.9. The Hall–Kier alpha value is -4.32. The van der Waals surface area contributed by atoms with E-state index in [-0.39, 0.29) is 32.5 Å². The van der Waals surface area contributed by atoms with E-state index in [2.05, 4.69) is 225 Å². The van der Waals surface area contributed by atoms with Gasteiger partial charge in [0.1, 0.15) is 0 Å². The molecule has 0 saturated heterocycles. The van der Waals surface area contributed by atoms with Crippen molar-refractivity contribution in [2.24, 2.45) is 28.1 Å². The lowest BCUT2D eigenvalue weighted by Crippen LogP contribution is -2.35. The van der Waals surface area contributed by atoms with Crippen molar-refractivity contribution >= 4 is 87.7 Å². The van der Waals surface area contributed by atoms with Gasteiger partial charge in [-0.3, -0.25) is 0 Å². The molecule has 0 spiro atoms. The summed E-state index contributed by atoms with van der Waals surface area (Å²) in [6.45, 7) is 39.2. The number of nitrogens with zero attached hydrogens (tertiary/aromatic N) is 2. The average molecular weight is 978 g/mol. The van der Waals surface area contributed by atoms with Crippen LogP contribution in [0.25, 0.3) is 30.3 Å². The Labute approximate surface area is 437 Å². The van der Waals surface area contributed by atoms with Gasteiger partial charge in [-0.2, -0.15) is 0 Å². The van der Waals surface area contributed by atoms with Gasteiger partial charge in [-0.1, -0.05) is 158 Å². The highest BCUT2D eigenvalue weighted by Gasteiger charge is 2.41. The minimum Gasteiger partial charge on any atom is -0.314 e. The summed E-state index contributed by atoms with van der Waals surface area (Å²) in [5.41, 5.74) is 15.8. The normalized spacial score (nSPS) is 22.4. The van der Waals surface area contributed by atoms with Crippen molar-refractivity contribution in [3.63, 3.8) is 0 Å². The van der Waals surface area contributed by atoms with E-state index in [0.29, 0.717) is 11.8 Å². The summed E-state index contributed by atoms with van der Waals surface area (Å²) in [7, 11) is 2.67. The first-order valence-corrected chi connectivity index (χ1v) is 28.9. The molecule has 5 heteroatoms. The molecule has 71 heavy (non-hydrogen) atoms. The van der Waals surface area contributed by atoms with E-state index in [1.54, 1.807) is 5.57 Å². The molecule has 6 aromatic rings. The third kappa shape index (κ3) is 9.14.